The number of pyridine rings is 2. The van der Waals surface area contributed by atoms with Crippen LogP contribution < -0.4 is 5.32 Å². The second kappa shape index (κ2) is 8.22. The lowest BCUT2D eigenvalue weighted by Gasteiger charge is -2.17. The average Bonchev–Trinajstić information content (AvgIpc) is 3.32. The second-order valence-electron chi connectivity index (χ2n) is 7.71. The van der Waals surface area contributed by atoms with Crippen molar-refractivity contribution in [2.24, 2.45) is 0 Å². The molecule has 3 aromatic heterocycles. The lowest BCUT2D eigenvalue weighted by atomic mass is 10.0. The van der Waals surface area contributed by atoms with Gasteiger partial charge in [0.1, 0.15) is 17.4 Å². The van der Waals surface area contributed by atoms with Crippen LogP contribution in [0, 0.1) is 26.6 Å². The second-order valence-corrected chi connectivity index (χ2v) is 7.71. The van der Waals surface area contributed by atoms with E-state index in [1.807, 2.05) is 37.8 Å². The summed E-state index contributed by atoms with van der Waals surface area (Å²) in [7, 11) is 0. The molecule has 4 heterocycles. The summed E-state index contributed by atoms with van der Waals surface area (Å²) in [5.41, 5.74) is 4.29. The Hall–Kier alpha value is -3.29. The minimum atomic E-state index is -0.376. The number of nitrogens with zero attached hydrogens (tertiary/aromatic N) is 4. The Morgan fingerprint density at radius 1 is 1.30 bits per heavy atom. The van der Waals surface area contributed by atoms with Gasteiger partial charge in [-0.3, -0.25) is 9.78 Å². The average molecular weight is 409 g/mol. The highest BCUT2D eigenvalue weighted by molar-refractivity contribution is 5.79. The van der Waals surface area contributed by atoms with Gasteiger partial charge in [-0.25, -0.2) is 9.37 Å². The van der Waals surface area contributed by atoms with Crippen LogP contribution >= 0.6 is 0 Å². The Morgan fingerprint density at radius 3 is 2.83 bits per heavy atom. The highest BCUT2D eigenvalue weighted by Crippen LogP contribution is 2.29. The normalized spacial score (nSPS) is 16.1. The van der Waals surface area contributed by atoms with E-state index < -0.39 is 0 Å². The number of likely N-dealkylation sites (tertiary alicyclic amines) is 1. The molecule has 0 bridgehead atoms. The van der Waals surface area contributed by atoms with Crippen LogP contribution in [0.15, 0.2) is 35.0 Å². The summed E-state index contributed by atoms with van der Waals surface area (Å²) in [4.78, 5) is 23.4. The van der Waals surface area contributed by atoms with Gasteiger partial charge in [-0.1, -0.05) is 5.16 Å². The maximum atomic E-state index is 13.1. The van der Waals surface area contributed by atoms with Crippen molar-refractivity contribution in [2.45, 2.75) is 39.5 Å². The van der Waals surface area contributed by atoms with Crippen LogP contribution in [-0.2, 0) is 11.2 Å². The predicted molar refractivity (Wildman–Crippen MR) is 110 cm³/mol. The number of nitrogens with one attached hydrogen (secondary N) is 1. The van der Waals surface area contributed by atoms with Gasteiger partial charge in [0.15, 0.2) is 0 Å². The third kappa shape index (κ3) is 4.32. The number of halogens is 1. The molecule has 156 valence electrons. The quantitative estimate of drug-likeness (QED) is 0.689. The van der Waals surface area contributed by atoms with Crippen LogP contribution in [-0.4, -0.2) is 39.0 Å². The molecule has 3 aromatic rings. The minimum Gasteiger partial charge on any atom is -0.361 e. The summed E-state index contributed by atoms with van der Waals surface area (Å²) >= 11 is 0. The molecule has 0 aromatic carbocycles. The van der Waals surface area contributed by atoms with Crippen molar-refractivity contribution in [2.75, 3.05) is 18.4 Å². The minimum absolute atomic E-state index is 0.0772. The third-order valence-corrected chi connectivity index (χ3v) is 5.44. The lowest BCUT2D eigenvalue weighted by Crippen LogP contribution is -2.30. The summed E-state index contributed by atoms with van der Waals surface area (Å²) in [5, 5.41) is 7.12. The zero-order chi connectivity index (χ0) is 21.3. The first-order chi connectivity index (χ1) is 14.4. The van der Waals surface area contributed by atoms with Crippen molar-refractivity contribution >= 4 is 17.4 Å². The molecule has 0 unspecified atom stereocenters. The maximum Gasteiger partial charge on any atom is 0.227 e. The van der Waals surface area contributed by atoms with E-state index in [0.717, 1.165) is 34.8 Å². The Morgan fingerprint density at radius 2 is 2.13 bits per heavy atom. The largest absolute Gasteiger partial charge is 0.361 e. The van der Waals surface area contributed by atoms with Gasteiger partial charge in [0.05, 0.1) is 18.3 Å². The number of amides is 1. The Balaban J connectivity index is 1.45. The van der Waals surface area contributed by atoms with Crippen LogP contribution in [0.3, 0.4) is 0 Å². The fourth-order valence-corrected chi connectivity index (χ4v) is 3.82. The van der Waals surface area contributed by atoms with Crippen molar-refractivity contribution in [3.63, 3.8) is 0 Å². The van der Waals surface area contributed by atoms with E-state index in [9.17, 15) is 9.18 Å². The monoisotopic (exact) mass is 409 g/mol. The fourth-order valence-electron chi connectivity index (χ4n) is 3.82. The van der Waals surface area contributed by atoms with Gasteiger partial charge >= 0.3 is 0 Å². The molecule has 1 aliphatic heterocycles. The molecule has 7 nitrogen and oxygen atoms in total. The molecule has 0 spiro atoms. The molecule has 30 heavy (non-hydrogen) atoms. The zero-order valence-electron chi connectivity index (χ0n) is 17.3. The van der Waals surface area contributed by atoms with E-state index in [0.29, 0.717) is 31.1 Å². The summed E-state index contributed by atoms with van der Waals surface area (Å²) in [6, 6.07) is 6.86. The number of hydrogen-bond donors (Lipinski definition) is 1. The molecule has 1 amide bonds. The van der Waals surface area contributed by atoms with Crippen LogP contribution in [0.5, 0.6) is 0 Å². The van der Waals surface area contributed by atoms with Crippen LogP contribution in [0.25, 0.3) is 0 Å². The maximum absolute atomic E-state index is 13.1. The molecule has 1 atom stereocenters. The van der Waals surface area contributed by atoms with Crippen LogP contribution in [0.4, 0.5) is 15.9 Å². The topological polar surface area (TPSA) is 84.2 Å². The molecule has 8 heteroatoms. The van der Waals surface area contributed by atoms with Crippen molar-refractivity contribution in [3.8, 4) is 0 Å². The molecule has 4 rings (SSSR count). The molecule has 0 aliphatic carbocycles. The van der Waals surface area contributed by atoms with Gasteiger partial charge < -0.3 is 14.7 Å². The molecule has 0 radical (unpaired) electrons. The number of aryl methyl sites for hydroxylation is 3. The fraction of sp³-hybridized carbons (Fsp3) is 0.364. The zero-order valence-corrected chi connectivity index (χ0v) is 17.3. The van der Waals surface area contributed by atoms with Gasteiger partial charge in [0.25, 0.3) is 0 Å². The van der Waals surface area contributed by atoms with Gasteiger partial charge in [-0.05, 0) is 51.5 Å². The van der Waals surface area contributed by atoms with Gasteiger partial charge in [-0.15, -0.1) is 0 Å². The summed E-state index contributed by atoms with van der Waals surface area (Å²) in [6.07, 6.45) is 2.34. The van der Waals surface area contributed by atoms with E-state index in [4.69, 9.17) is 4.52 Å². The lowest BCUT2D eigenvalue weighted by molar-refractivity contribution is -0.129. The first-order valence-corrected chi connectivity index (χ1v) is 9.95. The van der Waals surface area contributed by atoms with Gasteiger partial charge in [0, 0.05) is 41.6 Å². The Labute approximate surface area is 174 Å². The van der Waals surface area contributed by atoms with Crippen LogP contribution in [0.1, 0.15) is 40.7 Å². The van der Waals surface area contributed by atoms with E-state index >= 15 is 0 Å². The van der Waals surface area contributed by atoms with E-state index in [1.165, 1.54) is 12.3 Å². The molecule has 0 saturated carbocycles. The van der Waals surface area contributed by atoms with E-state index in [-0.39, 0.29) is 17.6 Å². The van der Waals surface area contributed by atoms with E-state index in [1.54, 1.807) is 6.07 Å². The number of aromatic nitrogens is 3. The van der Waals surface area contributed by atoms with Crippen molar-refractivity contribution < 1.29 is 13.7 Å². The summed E-state index contributed by atoms with van der Waals surface area (Å²) in [5.74, 6) is 1.13. The smallest absolute Gasteiger partial charge is 0.227 e. The number of anilines is 2. The SMILES string of the molecule is Cc1cc(Nc2ccc(F)cn2)cc([C@@H]2CCN(C(=O)Cc3c(C)noc3C)C2)n1. The summed E-state index contributed by atoms with van der Waals surface area (Å²) in [6.45, 7) is 6.95. The first-order valence-electron chi connectivity index (χ1n) is 9.95. The molecular weight excluding hydrogens is 385 g/mol. The molecular formula is C22H24FN5O2. The highest BCUT2D eigenvalue weighted by atomic mass is 19.1. The van der Waals surface area contributed by atoms with Crippen molar-refractivity contribution in [1.29, 1.82) is 0 Å². The van der Waals surface area contributed by atoms with Crippen molar-refractivity contribution in [1.82, 2.24) is 20.0 Å². The molecule has 1 fully saturated rings. The molecule has 1 N–H and O–H groups in total. The van der Waals surface area contributed by atoms with Gasteiger partial charge in [0.2, 0.25) is 5.91 Å². The van der Waals surface area contributed by atoms with Crippen molar-refractivity contribution in [3.05, 3.63) is 64.7 Å². The predicted octanol–water partition coefficient (Wildman–Crippen LogP) is 3.83. The van der Waals surface area contributed by atoms with Crippen LogP contribution in [0.2, 0.25) is 0 Å². The third-order valence-electron chi connectivity index (χ3n) is 5.44. The highest BCUT2D eigenvalue weighted by Gasteiger charge is 2.29. The Kier molecular flexibility index (Phi) is 5.48. The van der Waals surface area contributed by atoms with Gasteiger partial charge in [-0.2, -0.15) is 0 Å². The number of carbonyl (C=O) groups is 1. The first kappa shape index (κ1) is 20.0. The number of rotatable bonds is 5. The molecule has 1 saturated heterocycles. The number of carbonyl (C=O) groups excluding carboxylic acids is 1. The molecule has 1 aliphatic rings. The standard InChI is InChI=1S/C22H24FN5O2/c1-13-8-18(26-21-5-4-17(23)11-24-21)9-20(25-13)16-6-7-28(12-16)22(29)10-19-14(2)27-30-15(19)3/h4-5,8-9,11,16H,6-7,10,12H2,1-3H3,(H,24,25,26)/t16-/m1/s1. The number of hydrogen-bond acceptors (Lipinski definition) is 6. The summed E-state index contributed by atoms with van der Waals surface area (Å²) < 4.78 is 18.2. The Bertz CT molecular complexity index is 1040. The van der Waals surface area contributed by atoms with E-state index in [2.05, 4.69) is 20.4 Å².